The van der Waals surface area contributed by atoms with E-state index in [1.54, 1.807) is 0 Å². The minimum absolute atomic E-state index is 0.108. The standard InChI is InChI=1S/C7H16ClN4O/c1-5-6(3-2-4-8)10-7(9)11-12(5)13/h5-7,10-11H,2-4,9H2,1H3/q-1. The first-order valence-electron chi connectivity index (χ1n) is 4.45. The van der Waals surface area contributed by atoms with Crippen LogP contribution in [0.25, 0.3) is 0 Å². The van der Waals surface area contributed by atoms with Crippen molar-refractivity contribution >= 4 is 11.6 Å². The SMILES string of the molecule is CC1C(CCCCl)NC(N)NN1[O-]. The quantitative estimate of drug-likeness (QED) is 0.564. The van der Waals surface area contributed by atoms with E-state index in [1.807, 2.05) is 6.92 Å². The number of hydrazine groups is 1. The van der Waals surface area contributed by atoms with E-state index in [2.05, 4.69) is 10.7 Å². The first kappa shape index (κ1) is 11.2. The summed E-state index contributed by atoms with van der Waals surface area (Å²) in [6.45, 7) is 1.86. The Morgan fingerprint density at radius 1 is 1.62 bits per heavy atom. The fourth-order valence-electron chi connectivity index (χ4n) is 1.45. The number of hydroxylamine groups is 1. The average molecular weight is 208 g/mol. The Hall–Kier alpha value is 0.0900. The number of halogens is 1. The summed E-state index contributed by atoms with van der Waals surface area (Å²) in [6.07, 6.45) is 1.32. The molecule has 0 spiro atoms. The van der Waals surface area contributed by atoms with E-state index >= 15 is 0 Å². The van der Waals surface area contributed by atoms with Gasteiger partial charge in [0.15, 0.2) is 0 Å². The van der Waals surface area contributed by atoms with E-state index in [0.29, 0.717) is 5.88 Å². The molecule has 3 unspecified atom stereocenters. The molecular weight excluding hydrogens is 192 g/mol. The molecule has 5 nitrogen and oxygen atoms in total. The van der Waals surface area contributed by atoms with Gasteiger partial charge in [-0.2, -0.15) is 0 Å². The van der Waals surface area contributed by atoms with Crippen LogP contribution < -0.4 is 16.5 Å². The van der Waals surface area contributed by atoms with Gasteiger partial charge in [0.2, 0.25) is 0 Å². The summed E-state index contributed by atoms with van der Waals surface area (Å²) < 4.78 is 0. The molecule has 0 aromatic carbocycles. The maximum atomic E-state index is 11.2. The highest BCUT2D eigenvalue weighted by Gasteiger charge is 2.25. The second kappa shape index (κ2) is 5.09. The molecule has 0 saturated carbocycles. The molecule has 1 saturated heterocycles. The van der Waals surface area contributed by atoms with Crippen LogP contribution in [0.1, 0.15) is 19.8 Å². The Labute approximate surface area is 83.1 Å². The highest BCUT2D eigenvalue weighted by molar-refractivity contribution is 6.17. The molecule has 0 aliphatic carbocycles. The summed E-state index contributed by atoms with van der Waals surface area (Å²) in [6, 6.07) is 0.00974. The Morgan fingerprint density at radius 2 is 2.31 bits per heavy atom. The molecular formula is C7H16ClN4O-. The number of nitrogens with one attached hydrogen (secondary N) is 2. The van der Waals surface area contributed by atoms with Crippen LogP contribution in [-0.2, 0) is 0 Å². The zero-order valence-corrected chi connectivity index (χ0v) is 8.42. The lowest BCUT2D eigenvalue weighted by Crippen LogP contribution is -2.69. The lowest BCUT2D eigenvalue weighted by molar-refractivity contribution is 0.0690. The van der Waals surface area contributed by atoms with Crippen LogP contribution in [0.3, 0.4) is 0 Å². The van der Waals surface area contributed by atoms with Gasteiger partial charge in [-0.3, -0.25) is 5.32 Å². The average Bonchev–Trinajstić information content (AvgIpc) is 2.09. The number of hydrogen-bond donors (Lipinski definition) is 3. The van der Waals surface area contributed by atoms with Crippen molar-refractivity contribution in [3.63, 3.8) is 0 Å². The van der Waals surface area contributed by atoms with Gasteiger partial charge < -0.3 is 16.1 Å². The fraction of sp³-hybridized carbons (Fsp3) is 1.00. The molecule has 0 radical (unpaired) electrons. The third kappa shape index (κ3) is 3.05. The van der Waals surface area contributed by atoms with Crippen molar-refractivity contribution in [2.75, 3.05) is 5.88 Å². The molecule has 1 fully saturated rings. The predicted octanol–water partition coefficient (Wildman–Crippen LogP) is -0.0876. The first-order chi connectivity index (χ1) is 6.15. The predicted molar refractivity (Wildman–Crippen MR) is 52.7 cm³/mol. The van der Waals surface area contributed by atoms with Crippen molar-refractivity contribution in [3.05, 3.63) is 5.21 Å². The maximum Gasteiger partial charge on any atom is 0.121 e. The van der Waals surface area contributed by atoms with E-state index in [4.69, 9.17) is 17.3 Å². The molecule has 13 heavy (non-hydrogen) atoms. The minimum Gasteiger partial charge on any atom is -0.771 e. The summed E-state index contributed by atoms with van der Waals surface area (Å²) in [5, 5.41) is 15.1. The summed E-state index contributed by atoms with van der Waals surface area (Å²) in [4.78, 5) is 0. The molecule has 4 N–H and O–H groups in total. The second-order valence-electron chi connectivity index (χ2n) is 3.28. The molecule has 1 rings (SSSR count). The van der Waals surface area contributed by atoms with Gasteiger partial charge in [0, 0.05) is 18.0 Å². The fourth-order valence-corrected chi connectivity index (χ4v) is 1.60. The number of hydrogen-bond acceptors (Lipinski definition) is 5. The first-order valence-corrected chi connectivity index (χ1v) is 4.98. The van der Waals surface area contributed by atoms with Crippen LogP contribution in [0.5, 0.6) is 0 Å². The summed E-state index contributed by atoms with van der Waals surface area (Å²) in [5.74, 6) is 0.617. The second-order valence-corrected chi connectivity index (χ2v) is 3.66. The van der Waals surface area contributed by atoms with Gasteiger partial charge >= 0.3 is 0 Å². The molecule has 3 atom stereocenters. The molecule has 1 aliphatic rings. The minimum atomic E-state index is -0.450. The van der Waals surface area contributed by atoms with Crippen LogP contribution in [0.4, 0.5) is 0 Å². The highest BCUT2D eigenvalue weighted by Crippen LogP contribution is 2.11. The largest absolute Gasteiger partial charge is 0.771 e. The smallest absolute Gasteiger partial charge is 0.121 e. The van der Waals surface area contributed by atoms with Gasteiger partial charge in [-0.15, -0.1) is 11.6 Å². The van der Waals surface area contributed by atoms with E-state index in [1.165, 1.54) is 0 Å². The number of nitrogens with zero attached hydrogens (tertiary/aromatic N) is 1. The van der Waals surface area contributed by atoms with Crippen molar-refractivity contribution in [1.82, 2.24) is 15.9 Å². The van der Waals surface area contributed by atoms with Gasteiger partial charge in [-0.1, -0.05) is 0 Å². The van der Waals surface area contributed by atoms with Gasteiger partial charge in [0.25, 0.3) is 0 Å². The Kier molecular flexibility index (Phi) is 4.37. The summed E-state index contributed by atoms with van der Waals surface area (Å²) in [5.41, 5.74) is 8.10. The Morgan fingerprint density at radius 3 is 2.92 bits per heavy atom. The molecule has 0 aromatic heterocycles. The lowest BCUT2D eigenvalue weighted by Gasteiger charge is -2.47. The van der Waals surface area contributed by atoms with E-state index in [-0.39, 0.29) is 12.1 Å². The van der Waals surface area contributed by atoms with Crippen LogP contribution in [0, 0.1) is 5.21 Å². The molecule has 6 heteroatoms. The zero-order chi connectivity index (χ0) is 9.84. The van der Waals surface area contributed by atoms with Crippen molar-refractivity contribution in [3.8, 4) is 0 Å². The van der Waals surface area contributed by atoms with Gasteiger partial charge in [0.1, 0.15) is 6.29 Å². The maximum absolute atomic E-state index is 11.2. The van der Waals surface area contributed by atoms with Crippen molar-refractivity contribution in [1.29, 1.82) is 0 Å². The van der Waals surface area contributed by atoms with E-state index in [0.717, 1.165) is 18.0 Å². The van der Waals surface area contributed by atoms with Crippen LogP contribution in [0.2, 0.25) is 0 Å². The monoisotopic (exact) mass is 207 g/mol. The topological polar surface area (TPSA) is 76.4 Å². The van der Waals surface area contributed by atoms with Crippen LogP contribution >= 0.6 is 11.6 Å². The Bertz CT molecular complexity index is 159. The van der Waals surface area contributed by atoms with Crippen molar-refractivity contribution in [2.24, 2.45) is 5.73 Å². The number of alkyl halides is 1. The summed E-state index contributed by atoms with van der Waals surface area (Å²) >= 11 is 5.57. The summed E-state index contributed by atoms with van der Waals surface area (Å²) in [7, 11) is 0. The van der Waals surface area contributed by atoms with Crippen molar-refractivity contribution in [2.45, 2.75) is 38.1 Å². The molecule has 0 aromatic rings. The molecule has 1 heterocycles. The van der Waals surface area contributed by atoms with E-state index < -0.39 is 6.29 Å². The van der Waals surface area contributed by atoms with Crippen LogP contribution in [0.15, 0.2) is 0 Å². The van der Waals surface area contributed by atoms with Crippen molar-refractivity contribution < 1.29 is 0 Å². The number of rotatable bonds is 3. The third-order valence-electron chi connectivity index (χ3n) is 2.26. The van der Waals surface area contributed by atoms with Gasteiger partial charge in [-0.25, -0.2) is 5.43 Å². The molecule has 0 bridgehead atoms. The van der Waals surface area contributed by atoms with Crippen LogP contribution in [-0.4, -0.2) is 29.4 Å². The highest BCUT2D eigenvalue weighted by atomic mass is 35.5. The zero-order valence-electron chi connectivity index (χ0n) is 7.66. The number of nitrogens with two attached hydrogens (primary N) is 1. The lowest BCUT2D eigenvalue weighted by atomic mass is 10.0. The van der Waals surface area contributed by atoms with E-state index in [9.17, 15) is 5.21 Å². The molecule has 1 aliphatic heterocycles. The van der Waals surface area contributed by atoms with Gasteiger partial charge in [-0.05, 0) is 19.8 Å². The Balaban J connectivity index is 2.41. The van der Waals surface area contributed by atoms with Gasteiger partial charge in [0.05, 0.1) is 0 Å². The molecule has 78 valence electrons. The molecule has 0 amide bonds. The third-order valence-corrected chi connectivity index (χ3v) is 2.53. The normalized spacial score (nSPS) is 36.5.